The van der Waals surface area contributed by atoms with Crippen LogP contribution in [0, 0.1) is 5.92 Å². The van der Waals surface area contributed by atoms with Gasteiger partial charge in [-0.2, -0.15) is 0 Å². The third-order valence-electron chi connectivity index (χ3n) is 4.29. The van der Waals surface area contributed by atoms with E-state index in [9.17, 15) is 5.11 Å². The summed E-state index contributed by atoms with van der Waals surface area (Å²) in [6, 6.07) is 0.701. The summed E-state index contributed by atoms with van der Waals surface area (Å²) in [4.78, 5) is 2.47. The molecule has 0 radical (unpaired) electrons. The van der Waals surface area contributed by atoms with Crippen molar-refractivity contribution in [3.63, 3.8) is 0 Å². The lowest BCUT2D eigenvalue weighted by atomic mass is 10.0. The minimum Gasteiger partial charge on any atom is -0.393 e. The molecular formula is C13H25NO2. The quantitative estimate of drug-likeness (QED) is 0.792. The molecule has 1 saturated carbocycles. The van der Waals surface area contributed by atoms with E-state index in [1.807, 2.05) is 0 Å². The van der Waals surface area contributed by atoms with Crippen LogP contribution < -0.4 is 0 Å². The minimum absolute atomic E-state index is 0.0249. The molecular weight excluding hydrogens is 202 g/mol. The fraction of sp³-hybridized carbons (Fsp3) is 1.00. The Balaban J connectivity index is 1.68. The Labute approximate surface area is 98.8 Å². The van der Waals surface area contributed by atoms with Crippen LogP contribution in [-0.4, -0.2) is 49.0 Å². The normalized spacial score (nSPS) is 32.4. The van der Waals surface area contributed by atoms with Crippen molar-refractivity contribution in [2.45, 2.75) is 50.7 Å². The summed E-state index contributed by atoms with van der Waals surface area (Å²) >= 11 is 0. The van der Waals surface area contributed by atoms with Gasteiger partial charge in [-0.15, -0.1) is 0 Å². The molecule has 0 aromatic heterocycles. The van der Waals surface area contributed by atoms with Crippen molar-refractivity contribution in [2.75, 3.05) is 26.8 Å². The Morgan fingerprint density at radius 2 is 1.94 bits per heavy atom. The maximum atomic E-state index is 9.77. The summed E-state index contributed by atoms with van der Waals surface area (Å²) in [5.41, 5.74) is 0. The molecule has 0 spiro atoms. The monoisotopic (exact) mass is 227 g/mol. The molecule has 1 heterocycles. The van der Waals surface area contributed by atoms with Crippen molar-refractivity contribution in [2.24, 2.45) is 5.92 Å². The second-order valence-corrected chi connectivity index (χ2v) is 5.37. The Morgan fingerprint density at radius 1 is 1.19 bits per heavy atom. The van der Waals surface area contributed by atoms with Crippen LogP contribution in [0.2, 0.25) is 0 Å². The number of ether oxygens (including phenoxy) is 1. The molecule has 0 aromatic rings. The van der Waals surface area contributed by atoms with Gasteiger partial charge in [0, 0.05) is 19.3 Å². The highest BCUT2D eigenvalue weighted by atomic mass is 16.5. The molecule has 1 aliphatic heterocycles. The number of rotatable bonds is 4. The van der Waals surface area contributed by atoms with Crippen LogP contribution in [-0.2, 0) is 4.74 Å². The van der Waals surface area contributed by atoms with Crippen molar-refractivity contribution in [1.29, 1.82) is 0 Å². The molecule has 1 N–H and O–H groups in total. The van der Waals surface area contributed by atoms with Gasteiger partial charge in [0.25, 0.3) is 0 Å². The van der Waals surface area contributed by atoms with Gasteiger partial charge in [-0.05, 0) is 51.6 Å². The van der Waals surface area contributed by atoms with E-state index in [-0.39, 0.29) is 6.10 Å². The van der Waals surface area contributed by atoms with E-state index in [1.165, 1.54) is 25.7 Å². The van der Waals surface area contributed by atoms with Crippen LogP contribution in [0.3, 0.4) is 0 Å². The topological polar surface area (TPSA) is 32.7 Å². The van der Waals surface area contributed by atoms with Crippen LogP contribution in [0.25, 0.3) is 0 Å². The summed E-state index contributed by atoms with van der Waals surface area (Å²) in [5, 5.41) is 9.77. The van der Waals surface area contributed by atoms with Crippen molar-refractivity contribution >= 4 is 0 Å². The smallest absolute Gasteiger partial charge is 0.0568 e. The van der Waals surface area contributed by atoms with Gasteiger partial charge in [-0.3, -0.25) is 0 Å². The third-order valence-corrected chi connectivity index (χ3v) is 4.29. The lowest BCUT2D eigenvalue weighted by Gasteiger charge is -2.32. The first-order chi connectivity index (χ1) is 7.77. The van der Waals surface area contributed by atoms with Crippen LogP contribution in [0.1, 0.15) is 38.5 Å². The van der Waals surface area contributed by atoms with Crippen LogP contribution in [0.5, 0.6) is 0 Å². The molecule has 3 nitrogen and oxygen atoms in total. The molecule has 2 fully saturated rings. The largest absolute Gasteiger partial charge is 0.393 e. The van der Waals surface area contributed by atoms with E-state index in [0.29, 0.717) is 12.0 Å². The number of hydrogen-bond acceptors (Lipinski definition) is 3. The van der Waals surface area contributed by atoms with E-state index >= 15 is 0 Å². The number of hydrogen-bond donors (Lipinski definition) is 1. The summed E-state index contributed by atoms with van der Waals surface area (Å²) in [6.45, 7) is 2.97. The Bertz CT molecular complexity index is 204. The molecule has 16 heavy (non-hydrogen) atoms. The summed E-state index contributed by atoms with van der Waals surface area (Å²) in [7, 11) is 2.22. The zero-order valence-corrected chi connectivity index (χ0v) is 10.4. The average molecular weight is 227 g/mol. The summed E-state index contributed by atoms with van der Waals surface area (Å²) < 4.78 is 5.38. The summed E-state index contributed by atoms with van der Waals surface area (Å²) in [6.07, 6.45) is 6.94. The lowest BCUT2D eigenvalue weighted by molar-refractivity contribution is 0.0384. The molecule has 0 bridgehead atoms. The zero-order chi connectivity index (χ0) is 11.4. The number of aliphatic hydroxyl groups is 1. The van der Waals surface area contributed by atoms with Gasteiger partial charge in [0.2, 0.25) is 0 Å². The average Bonchev–Trinajstić information content (AvgIpc) is 2.73. The molecule has 2 atom stereocenters. The van der Waals surface area contributed by atoms with Gasteiger partial charge in [0.15, 0.2) is 0 Å². The molecule has 2 aliphatic rings. The first-order valence-electron chi connectivity index (χ1n) is 6.73. The number of nitrogens with zero attached hydrogens (tertiary/aromatic N) is 1. The van der Waals surface area contributed by atoms with Gasteiger partial charge in [-0.25, -0.2) is 0 Å². The predicted octanol–water partition coefficient (Wildman–Crippen LogP) is 1.65. The molecule has 2 unspecified atom stereocenters. The molecule has 1 aliphatic carbocycles. The third kappa shape index (κ3) is 3.19. The van der Waals surface area contributed by atoms with Gasteiger partial charge >= 0.3 is 0 Å². The fourth-order valence-electron chi connectivity index (χ4n) is 3.03. The molecule has 0 amide bonds. The van der Waals surface area contributed by atoms with E-state index < -0.39 is 0 Å². The fourth-order valence-corrected chi connectivity index (χ4v) is 3.03. The van der Waals surface area contributed by atoms with Gasteiger partial charge in [0.1, 0.15) is 0 Å². The van der Waals surface area contributed by atoms with E-state index in [1.54, 1.807) is 0 Å². The molecule has 94 valence electrons. The van der Waals surface area contributed by atoms with Crippen molar-refractivity contribution in [3.8, 4) is 0 Å². The Kier molecular flexibility index (Phi) is 4.62. The van der Waals surface area contributed by atoms with Gasteiger partial charge < -0.3 is 14.7 Å². The predicted molar refractivity (Wildman–Crippen MR) is 64.4 cm³/mol. The van der Waals surface area contributed by atoms with Gasteiger partial charge in [-0.1, -0.05) is 6.42 Å². The Hall–Kier alpha value is -0.120. The van der Waals surface area contributed by atoms with Crippen molar-refractivity contribution in [1.82, 2.24) is 4.90 Å². The number of aliphatic hydroxyl groups excluding tert-OH is 1. The van der Waals surface area contributed by atoms with E-state index in [0.717, 1.165) is 32.6 Å². The zero-order valence-electron chi connectivity index (χ0n) is 10.4. The van der Waals surface area contributed by atoms with E-state index in [4.69, 9.17) is 4.74 Å². The highest BCUT2D eigenvalue weighted by Crippen LogP contribution is 2.28. The second-order valence-electron chi connectivity index (χ2n) is 5.37. The molecule has 3 heteroatoms. The van der Waals surface area contributed by atoms with Gasteiger partial charge in [0.05, 0.1) is 6.10 Å². The SMILES string of the molecule is CN(CCC1CCCC1O)C1CCOCC1. The van der Waals surface area contributed by atoms with Crippen molar-refractivity contribution in [3.05, 3.63) is 0 Å². The lowest BCUT2D eigenvalue weighted by Crippen LogP contribution is -2.38. The van der Waals surface area contributed by atoms with Crippen LogP contribution in [0.4, 0.5) is 0 Å². The highest BCUT2D eigenvalue weighted by molar-refractivity contribution is 4.79. The minimum atomic E-state index is -0.0249. The van der Waals surface area contributed by atoms with E-state index in [2.05, 4.69) is 11.9 Å². The maximum Gasteiger partial charge on any atom is 0.0568 e. The maximum absolute atomic E-state index is 9.77. The van der Waals surface area contributed by atoms with Crippen LogP contribution in [0.15, 0.2) is 0 Å². The highest BCUT2D eigenvalue weighted by Gasteiger charge is 2.26. The standard InChI is InChI=1S/C13H25NO2/c1-14(12-6-9-16-10-7-12)8-5-11-3-2-4-13(11)15/h11-13,15H,2-10H2,1H3. The molecule has 0 aromatic carbocycles. The first kappa shape index (κ1) is 12.3. The Morgan fingerprint density at radius 3 is 2.56 bits per heavy atom. The molecule has 1 saturated heterocycles. The van der Waals surface area contributed by atoms with Crippen molar-refractivity contribution < 1.29 is 9.84 Å². The van der Waals surface area contributed by atoms with Crippen LogP contribution >= 0.6 is 0 Å². The summed E-state index contributed by atoms with van der Waals surface area (Å²) in [5.74, 6) is 0.558. The second kappa shape index (κ2) is 5.99. The molecule has 2 rings (SSSR count). The first-order valence-corrected chi connectivity index (χ1v) is 6.73.